The van der Waals surface area contributed by atoms with E-state index >= 15 is 0 Å². The Balaban J connectivity index is 1.86. The molecule has 2 aromatic carbocycles. The summed E-state index contributed by atoms with van der Waals surface area (Å²) in [7, 11) is 1.49. The van der Waals surface area contributed by atoms with Crippen LogP contribution >= 0.6 is 11.6 Å². The molecule has 0 saturated heterocycles. The van der Waals surface area contributed by atoms with Gasteiger partial charge in [0.2, 0.25) is 5.43 Å². The van der Waals surface area contributed by atoms with Crippen molar-refractivity contribution in [3.05, 3.63) is 82.1 Å². The molecule has 0 spiro atoms. The lowest BCUT2D eigenvalue weighted by Crippen LogP contribution is -2.08. The fraction of sp³-hybridized carbons (Fsp3) is 0.0435. The van der Waals surface area contributed by atoms with Gasteiger partial charge < -0.3 is 9.72 Å². The van der Waals surface area contributed by atoms with Crippen LogP contribution in [0.5, 0.6) is 5.88 Å². The number of halogens is 1. The number of nitrogens with zero attached hydrogens (tertiary/aromatic N) is 3. The summed E-state index contributed by atoms with van der Waals surface area (Å²) >= 11 is 6.50. The number of hydrogen-bond acceptors (Lipinski definition) is 5. The largest absolute Gasteiger partial charge is 0.482 e. The topological polar surface area (TPSA) is 80.8 Å². The molecule has 6 nitrogen and oxygen atoms in total. The maximum Gasteiger partial charge on any atom is 0.213 e. The van der Waals surface area contributed by atoms with E-state index in [1.54, 1.807) is 12.3 Å². The van der Waals surface area contributed by atoms with E-state index < -0.39 is 0 Å². The lowest BCUT2D eigenvalue weighted by Gasteiger charge is -2.12. The minimum Gasteiger partial charge on any atom is -0.482 e. The third-order valence-electron chi connectivity index (χ3n) is 4.83. The highest BCUT2D eigenvalue weighted by Crippen LogP contribution is 2.34. The molecule has 0 saturated carbocycles. The van der Waals surface area contributed by atoms with Crippen molar-refractivity contribution in [3.8, 4) is 28.4 Å². The number of benzene rings is 2. The van der Waals surface area contributed by atoms with Crippen molar-refractivity contribution in [1.29, 1.82) is 0 Å². The van der Waals surface area contributed by atoms with Gasteiger partial charge in [-0.15, -0.1) is 0 Å². The number of hydrogen-bond donors (Lipinski definition) is 1. The number of pyridine rings is 2. The normalized spacial score (nSPS) is 11.1. The van der Waals surface area contributed by atoms with Gasteiger partial charge in [-0.25, -0.2) is 9.97 Å². The molecule has 5 rings (SSSR count). The van der Waals surface area contributed by atoms with Gasteiger partial charge in [-0.05, 0) is 18.2 Å². The van der Waals surface area contributed by atoms with Gasteiger partial charge in [0.25, 0.3) is 0 Å². The van der Waals surface area contributed by atoms with E-state index in [1.807, 2.05) is 48.5 Å². The monoisotopic (exact) mass is 414 g/mol. The highest BCUT2D eigenvalue weighted by atomic mass is 35.5. The summed E-state index contributed by atoms with van der Waals surface area (Å²) in [5, 5.41) is 1.39. The number of fused-ring (bicyclic) bond motifs is 2. The summed E-state index contributed by atoms with van der Waals surface area (Å²) < 4.78 is 5.18. The van der Waals surface area contributed by atoms with Crippen molar-refractivity contribution in [2.75, 3.05) is 7.11 Å². The molecule has 5 aromatic rings. The smallest absolute Gasteiger partial charge is 0.213 e. The van der Waals surface area contributed by atoms with Crippen LogP contribution in [0.2, 0.25) is 5.02 Å². The fourth-order valence-electron chi connectivity index (χ4n) is 3.43. The Morgan fingerprint density at radius 1 is 0.900 bits per heavy atom. The zero-order valence-corrected chi connectivity index (χ0v) is 16.6. The molecule has 3 heterocycles. The third-order valence-corrected chi connectivity index (χ3v) is 5.12. The minimum atomic E-state index is -0.275. The van der Waals surface area contributed by atoms with Crippen LogP contribution in [0.15, 0.2) is 71.7 Å². The van der Waals surface area contributed by atoms with Crippen LogP contribution < -0.4 is 10.2 Å². The summed E-state index contributed by atoms with van der Waals surface area (Å²) in [5.41, 5.74) is 3.84. The standard InChI is InChI=1S/C23H15ClN4O2/c1-30-18-12-17(29)22-23(26-18)28-20(13-6-3-2-4-7-13)21(27-22)15-10-14-8-5-9-25-19(14)16(24)11-15/h2-12H,1H3,(H,26,28,29). The lowest BCUT2D eigenvalue weighted by atomic mass is 10.0. The first-order valence-corrected chi connectivity index (χ1v) is 9.61. The molecule has 3 aromatic heterocycles. The number of rotatable bonds is 3. The Bertz CT molecular complexity index is 1470. The Morgan fingerprint density at radius 3 is 2.50 bits per heavy atom. The second-order valence-corrected chi connectivity index (χ2v) is 7.13. The van der Waals surface area contributed by atoms with E-state index in [-0.39, 0.29) is 10.9 Å². The molecule has 0 aliphatic carbocycles. The first-order chi connectivity index (χ1) is 14.6. The zero-order valence-electron chi connectivity index (χ0n) is 15.9. The molecule has 0 fully saturated rings. The van der Waals surface area contributed by atoms with Crippen LogP contribution in [0.1, 0.15) is 0 Å². The molecule has 0 radical (unpaired) electrons. The summed E-state index contributed by atoms with van der Waals surface area (Å²) in [6.07, 6.45) is 1.70. The number of ether oxygens (including phenoxy) is 1. The summed E-state index contributed by atoms with van der Waals surface area (Å²) in [4.78, 5) is 29.4. The van der Waals surface area contributed by atoms with Crippen molar-refractivity contribution in [2.24, 2.45) is 0 Å². The van der Waals surface area contributed by atoms with Crippen LogP contribution in [0, 0.1) is 0 Å². The van der Waals surface area contributed by atoms with Crippen LogP contribution in [-0.2, 0) is 0 Å². The first-order valence-electron chi connectivity index (χ1n) is 9.23. The molecule has 30 heavy (non-hydrogen) atoms. The summed E-state index contributed by atoms with van der Waals surface area (Å²) in [6, 6.07) is 18.6. The maximum atomic E-state index is 12.6. The van der Waals surface area contributed by atoms with E-state index in [2.05, 4.69) is 9.97 Å². The number of nitrogens with one attached hydrogen (secondary N) is 1. The van der Waals surface area contributed by atoms with Crippen molar-refractivity contribution < 1.29 is 4.74 Å². The van der Waals surface area contributed by atoms with Gasteiger partial charge in [-0.2, -0.15) is 0 Å². The number of aromatic nitrogens is 4. The zero-order chi connectivity index (χ0) is 20.7. The van der Waals surface area contributed by atoms with Gasteiger partial charge >= 0.3 is 0 Å². The van der Waals surface area contributed by atoms with Gasteiger partial charge in [-0.1, -0.05) is 48.0 Å². The number of aromatic amines is 1. The third kappa shape index (κ3) is 3.07. The SMILES string of the molecule is COc1cc(=O)c2nc(-c3cc(Cl)c4ncccc4c3)c(-c3ccccc3)nc2[nH]1. The molecule has 0 bridgehead atoms. The molecule has 0 amide bonds. The Hall–Kier alpha value is -3.77. The Labute approximate surface area is 176 Å². The maximum absolute atomic E-state index is 12.6. The quantitative estimate of drug-likeness (QED) is 0.456. The molecular weight excluding hydrogens is 400 g/mol. The van der Waals surface area contributed by atoms with Gasteiger partial charge in [0, 0.05) is 28.8 Å². The molecule has 0 atom stereocenters. The predicted molar refractivity (Wildman–Crippen MR) is 118 cm³/mol. The molecule has 0 unspecified atom stereocenters. The highest BCUT2D eigenvalue weighted by Gasteiger charge is 2.17. The molecule has 0 aliphatic heterocycles. The summed E-state index contributed by atoms with van der Waals surface area (Å²) in [6.45, 7) is 0. The van der Waals surface area contributed by atoms with Crippen LogP contribution in [-0.4, -0.2) is 27.0 Å². The number of H-pyrrole nitrogens is 1. The second-order valence-electron chi connectivity index (χ2n) is 6.72. The van der Waals surface area contributed by atoms with Crippen LogP contribution in [0.25, 0.3) is 44.6 Å². The average molecular weight is 415 g/mol. The lowest BCUT2D eigenvalue weighted by molar-refractivity contribution is 0.399. The van der Waals surface area contributed by atoms with Crippen LogP contribution in [0.3, 0.4) is 0 Å². The highest BCUT2D eigenvalue weighted by molar-refractivity contribution is 6.35. The van der Waals surface area contributed by atoms with E-state index in [0.717, 1.165) is 16.5 Å². The first kappa shape index (κ1) is 18.3. The number of methoxy groups -OCH3 is 1. The molecule has 7 heteroatoms. The van der Waals surface area contributed by atoms with Crippen molar-refractivity contribution >= 4 is 33.7 Å². The molecule has 146 valence electrons. The van der Waals surface area contributed by atoms with Gasteiger partial charge in [0.15, 0.2) is 17.0 Å². The fourth-order valence-corrected chi connectivity index (χ4v) is 3.70. The Morgan fingerprint density at radius 2 is 1.70 bits per heavy atom. The van der Waals surface area contributed by atoms with Gasteiger partial charge in [-0.3, -0.25) is 9.78 Å². The van der Waals surface area contributed by atoms with Crippen molar-refractivity contribution in [1.82, 2.24) is 19.9 Å². The van der Waals surface area contributed by atoms with E-state index in [9.17, 15) is 4.79 Å². The van der Waals surface area contributed by atoms with Crippen LogP contribution in [0.4, 0.5) is 0 Å². The van der Waals surface area contributed by atoms with Crippen molar-refractivity contribution in [2.45, 2.75) is 0 Å². The Kier molecular flexibility index (Phi) is 4.41. The average Bonchev–Trinajstić information content (AvgIpc) is 2.78. The summed E-state index contributed by atoms with van der Waals surface area (Å²) in [5.74, 6) is 0.327. The second kappa shape index (κ2) is 7.24. The predicted octanol–water partition coefficient (Wildman–Crippen LogP) is 4.86. The molecule has 0 aliphatic rings. The van der Waals surface area contributed by atoms with E-state index in [4.69, 9.17) is 26.3 Å². The van der Waals surface area contributed by atoms with E-state index in [0.29, 0.717) is 33.5 Å². The van der Waals surface area contributed by atoms with E-state index in [1.165, 1.54) is 13.2 Å². The minimum absolute atomic E-state index is 0.230. The van der Waals surface area contributed by atoms with Gasteiger partial charge in [0.05, 0.1) is 29.0 Å². The molecular formula is C23H15ClN4O2. The molecule has 1 N–H and O–H groups in total. The van der Waals surface area contributed by atoms with Gasteiger partial charge in [0.1, 0.15) is 0 Å². The van der Waals surface area contributed by atoms with Crippen molar-refractivity contribution in [3.63, 3.8) is 0 Å².